The van der Waals surface area contributed by atoms with E-state index < -0.39 is 0 Å². The first-order valence-electron chi connectivity index (χ1n) is 10.3. The maximum atomic E-state index is 6.29. The highest BCUT2D eigenvalue weighted by Gasteiger charge is 2.17. The van der Waals surface area contributed by atoms with Crippen LogP contribution in [0.5, 0.6) is 0 Å². The summed E-state index contributed by atoms with van der Waals surface area (Å²) in [6, 6.07) is 28.5. The second kappa shape index (κ2) is 6.49. The number of aromatic nitrogens is 3. The zero-order valence-electron chi connectivity index (χ0n) is 16.7. The highest BCUT2D eigenvalue weighted by molar-refractivity contribution is 6.33. The number of furan rings is 1. The highest BCUT2D eigenvalue weighted by Crippen LogP contribution is 2.43. The fraction of sp³-hybridized carbons (Fsp3) is 0. The molecule has 0 unspecified atom stereocenters. The van der Waals surface area contributed by atoms with Crippen molar-refractivity contribution in [1.29, 1.82) is 0 Å². The van der Waals surface area contributed by atoms with Crippen LogP contribution in [0.4, 0.5) is 0 Å². The average Bonchev–Trinajstić information content (AvgIpc) is 3.23. The molecular weight excluding hydrogens is 418 g/mol. The van der Waals surface area contributed by atoms with Gasteiger partial charge in [0.2, 0.25) is 5.28 Å². The number of benzene rings is 5. The summed E-state index contributed by atoms with van der Waals surface area (Å²) in [4.78, 5) is 13.5. The minimum atomic E-state index is 0.176. The lowest BCUT2D eigenvalue weighted by molar-refractivity contribution is 0.669. The van der Waals surface area contributed by atoms with Gasteiger partial charge in [0.25, 0.3) is 0 Å². The van der Waals surface area contributed by atoms with Gasteiger partial charge < -0.3 is 4.42 Å². The minimum absolute atomic E-state index is 0.176. The number of halogens is 1. The Hall–Kier alpha value is -4.02. The first kappa shape index (κ1) is 17.6. The van der Waals surface area contributed by atoms with Crippen molar-refractivity contribution in [2.45, 2.75) is 0 Å². The maximum absolute atomic E-state index is 6.29. The standard InChI is InChI=1S/C27H14ClN3O/c28-27-30-25(15-6-2-1-3-7-15)29-26(31-27)16-12-13-17-18-8-4-10-21-23(18)24-19(20(17)14-16)9-5-11-22(24)32-21/h1-14H. The summed E-state index contributed by atoms with van der Waals surface area (Å²) in [7, 11) is 0. The first-order chi connectivity index (χ1) is 15.8. The number of hydrogen-bond donors (Lipinski definition) is 0. The number of nitrogens with zero attached hydrogens (tertiary/aromatic N) is 3. The van der Waals surface area contributed by atoms with Crippen LogP contribution in [0.2, 0.25) is 5.28 Å². The fourth-order valence-electron chi connectivity index (χ4n) is 4.65. The Morgan fingerprint density at radius 1 is 0.531 bits per heavy atom. The summed E-state index contributed by atoms with van der Waals surface area (Å²) in [6.07, 6.45) is 0. The SMILES string of the molecule is Clc1nc(-c2ccccc2)nc(-c2ccc3c(c2)c2cccc4oc5cccc3c5c42)n1. The molecule has 0 aliphatic rings. The lowest BCUT2D eigenvalue weighted by Gasteiger charge is -2.10. The molecule has 5 aromatic carbocycles. The zero-order chi connectivity index (χ0) is 21.2. The smallest absolute Gasteiger partial charge is 0.226 e. The molecule has 0 aliphatic heterocycles. The maximum Gasteiger partial charge on any atom is 0.226 e. The normalized spacial score (nSPS) is 11.9. The summed E-state index contributed by atoms with van der Waals surface area (Å²) < 4.78 is 6.13. The number of fused-ring (bicyclic) bond motifs is 3. The molecule has 32 heavy (non-hydrogen) atoms. The Balaban J connectivity index is 1.53. The lowest BCUT2D eigenvalue weighted by atomic mass is 9.93. The predicted molar refractivity (Wildman–Crippen MR) is 129 cm³/mol. The van der Waals surface area contributed by atoms with Crippen LogP contribution in [0.1, 0.15) is 0 Å². The topological polar surface area (TPSA) is 51.8 Å². The van der Waals surface area contributed by atoms with Gasteiger partial charge in [0.15, 0.2) is 11.6 Å². The van der Waals surface area contributed by atoms with Gasteiger partial charge in [-0.2, -0.15) is 9.97 Å². The summed E-state index contributed by atoms with van der Waals surface area (Å²) in [6.45, 7) is 0. The van der Waals surface area contributed by atoms with Crippen molar-refractivity contribution in [3.05, 3.63) is 90.2 Å². The molecule has 0 radical (unpaired) electrons. The van der Waals surface area contributed by atoms with Crippen LogP contribution in [-0.4, -0.2) is 15.0 Å². The van der Waals surface area contributed by atoms with E-state index in [0.717, 1.165) is 38.5 Å². The largest absolute Gasteiger partial charge is 0.456 e. The van der Waals surface area contributed by atoms with Gasteiger partial charge in [0, 0.05) is 21.9 Å². The first-order valence-corrected chi connectivity index (χ1v) is 10.7. The Bertz CT molecular complexity index is 1790. The van der Waals surface area contributed by atoms with E-state index in [2.05, 4.69) is 34.2 Å². The van der Waals surface area contributed by atoms with Crippen molar-refractivity contribution >= 4 is 55.1 Å². The van der Waals surface area contributed by atoms with Crippen LogP contribution in [0, 0.1) is 0 Å². The molecule has 0 N–H and O–H groups in total. The third kappa shape index (κ3) is 2.47. The van der Waals surface area contributed by atoms with Gasteiger partial charge in [-0.05, 0) is 51.3 Å². The Morgan fingerprint density at radius 3 is 1.91 bits per heavy atom. The summed E-state index contributed by atoms with van der Waals surface area (Å²) in [5, 5.41) is 7.14. The van der Waals surface area contributed by atoms with Crippen LogP contribution in [0.15, 0.2) is 89.3 Å². The van der Waals surface area contributed by atoms with Crippen molar-refractivity contribution in [3.63, 3.8) is 0 Å². The highest BCUT2D eigenvalue weighted by atomic mass is 35.5. The van der Waals surface area contributed by atoms with Gasteiger partial charge in [-0.1, -0.05) is 66.7 Å². The van der Waals surface area contributed by atoms with E-state index in [1.807, 2.05) is 60.7 Å². The quantitative estimate of drug-likeness (QED) is 0.266. The fourth-order valence-corrected chi connectivity index (χ4v) is 4.81. The summed E-state index contributed by atoms with van der Waals surface area (Å²) in [5.74, 6) is 1.11. The molecule has 0 atom stereocenters. The van der Waals surface area contributed by atoms with Crippen molar-refractivity contribution in [2.24, 2.45) is 0 Å². The van der Waals surface area contributed by atoms with E-state index >= 15 is 0 Å². The van der Waals surface area contributed by atoms with Crippen molar-refractivity contribution in [2.75, 3.05) is 0 Å². The van der Waals surface area contributed by atoms with Crippen molar-refractivity contribution in [3.8, 4) is 22.8 Å². The van der Waals surface area contributed by atoms with Gasteiger partial charge >= 0.3 is 0 Å². The van der Waals surface area contributed by atoms with Gasteiger partial charge in [0.1, 0.15) is 11.2 Å². The lowest BCUT2D eigenvalue weighted by Crippen LogP contribution is -1.97. The van der Waals surface area contributed by atoms with E-state index in [-0.39, 0.29) is 5.28 Å². The molecule has 7 aromatic rings. The Kier molecular flexibility index (Phi) is 3.58. The molecule has 0 saturated heterocycles. The van der Waals surface area contributed by atoms with Gasteiger partial charge in [-0.3, -0.25) is 0 Å². The van der Waals surface area contributed by atoms with Crippen molar-refractivity contribution < 1.29 is 4.42 Å². The summed E-state index contributed by atoms with van der Waals surface area (Å²) >= 11 is 6.29. The van der Waals surface area contributed by atoms with Crippen LogP contribution in [0.25, 0.3) is 66.3 Å². The summed E-state index contributed by atoms with van der Waals surface area (Å²) in [5.41, 5.74) is 3.60. The minimum Gasteiger partial charge on any atom is -0.456 e. The second-order valence-corrected chi connectivity index (χ2v) is 8.18. The zero-order valence-corrected chi connectivity index (χ0v) is 17.5. The van der Waals surface area contributed by atoms with Gasteiger partial charge in [-0.25, -0.2) is 4.98 Å². The molecule has 2 heterocycles. The van der Waals surface area contributed by atoms with E-state index in [1.165, 1.54) is 16.2 Å². The van der Waals surface area contributed by atoms with Crippen LogP contribution < -0.4 is 0 Å². The Labute approximate surface area is 187 Å². The molecule has 0 amide bonds. The van der Waals surface area contributed by atoms with Crippen LogP contribution in [-0.2, 0) is 0 Å². The average molecular weight is 432 g/mol. The molecule has 0 spiro atoms. The van der Waals surface area contributed by atoms with E-state index in [9.17, 15) is 0 Å². The molecule has 0 fully saturated rings. The molecule has 0 bridgehead atoms. The molecule has 0 aliphatic carbocycles. The third-order valence-electron chi connectivity index (χ3n) is 6.02. The van der Waals surface area contributed by atoms with Crippen LogP contribution in [0.3, 0.4) is 0 Å². The third-order valence-corrected chi connectivity index (χ3v) is 6.19. The molecule has 7 rings (SSSR count). The van der Waals surface area contributed by atoms with E-state index in [0.29, 0.717) is 11.6 Å². The molecule has 5 heteroatoms. The Morgan fingerprint density at radius 2 is 1.19 bits per heavy atom. The molecule has 150 valence electrons. The monoisotopic (exact) mass is 431 g/mol. The van der Waals surface area contributed by atoms with Gasteiger partial charge in [-0.15, -0.1) is 0 Å². The van der Waals surface area contributed by atoms with Crippen molar-refractivity contribution in [1.82, 2.24) is 15.0 Å². The molecule has 2 aromatic heterocycles. The number of hydrogen-bond acceptors (Lipinski definition) is 4. The van der Waals surface area contributed by atoms with E-state index in [4.69, 9.17) is 21.0 Å². The van der Waals surface area contributed by atoms with Gasteiger partial charge in [0.05, 0.1) is 0 Å². The van der Waals surface area contributed by atoms with Crippen LogP contribution >= 0.6 is 11.6 Å². The second-order valence-electron chi connectivity index (χ2n) is 7.84. The predicted octanol–water partition coefficient (Wildman–Crippen LogP) is 7.50. The molecular formula is C27H14ClN3O. The molecule has 0 saturated carbocycles. The number of rotatable bonds is 2. The van der Waals surface area contributed by atoms with E-state index in [1.54, 1.807) is 0 Å². The molecule has 4 nitrogen and oxygen atoms in total.